The highest BCUT2D eigenvalue weighted by Gasteiger charge is 2.38. The van der Waals surface area contributed by atoms with Crippen LogP contribution in [0.25, 0.3) is 0 Å². The molecule has 0 fully saturated rings. The summed E-state index contributed by atoms with van der Waals surface area (Å²) in [7, 11) is 1.40. The lowest BCUT2D eigenvalue weighted by atomic mass is 9.96. The third-order valence-corrected chi connectivity index (χ3v) is 3.19. The van der Waals surface area contributed by atoms with Crippen molar-refractivity contribution >= 4 is 5.97 Å². The summed E-state index contributed by atoms with van der Waals surface area (Å²) in [5, 5.41) is 18.9. The molecule has 0 saturated carbocycles. The number of hydrogen-bond donors (Lipinski definition) is 2. The van der Waals surface area contributed by atoms with Crippen molar-refractivity contribution in [2.45, 2.75) is 5.79 Å². The predicted octanol–water partition coefficient (Wildman–Crippen LogP) is 2.67. The first-order chi connectivity index (χ1) is 10.5. The van der Waals surface area contributed by atoms with E-state index in [4.69, 9.17) is 9.47 Å². The number of esters is 1. The minimum absolute atomic E-state index is 0.0782. The van der Waals surface area contributed by atoms with Gasteiger partial charge in [0, 0.05) is 24.3 Å². The number of carbonyl (C=O) groups excluding carboxylic acids is 1. The fourth-order valence-corrected chi connectivity index (χ4v) is 2.11. The maximum atomic E-state index is 11.7. The summed E-state index contributed by atoms with van der Waals surface area (Å²) in [5.74, 6) is -2.01. The molecule has 0 heterocycles. The molecule has 0 aliphatic carbocycles. The monoisotopic (exact) mass is 300 g/mol. The molecule has 0 bridgehead atoms. The molecular formula is C17H16O5. The first-order valence-corrected chi connectivity index (χ1v) is 6.51. The van der Waals surface area contributed by atoms with E-state index < -0.39 is 11.8 Å². The molecule has 2 aromatic rings. The number of phenols is 2. The van der Waals surface area contributed by atoms with Gasteiger partial charge >= 0.3 is 5.97 Å². The summed E-state index contributed by atoms with van der Waals surface area (Å²) in [6, 6.07) is 12.2. The minimum Gasteiger partial charge on any atom is -0.508 e. The Kier molecular flexibility index (Phi) is 4.48. The van der Waals surface area contributed by atoms with Gasteiger partial charge in [0.2, 0.25) is 0 Å². The van der Waals surface area contributed by atoms with Crippen molar-refractivity contribution < 1.29 is 24.5 Å². The lowest BCUT2D eigenvalue weighted by Gasteiger charge is -2.32. The number of carbonyl (C=O) groups is 1. The zero-order valence-corrected chi connectivity index (χ0v) is 12.0. The van der Waals surface area contributed by atoms with Crippen LogP contribution in [0.15, 0.2) is 61.2 Å². The van der Waals surface area contributed by atoms with Crippen molar-refractivity contribution in [3.8, 4) is 11.5 Å². The number of aromatic hydroxyl groups is 2. The Balaban J connectivity index is 2.60. The van der Waals surface area contributed by atoms with Crippen LogP contribution in [0.3, 0.4) is 0 Å². The molecule has 2 aromatic carbocycles. The van der Waals surface area contributed by atoms with Crippen molar-refractivity contribution in [1.29, 1.82) is 0 Å². The molecule has 0 aromatic heterocycles. The van der Waals surface area contributed by atoms with E-state index in [9.17, 15) is 15.0 Å². The first-order valence-electron chi connectivity index (χ1n) is 6.51. The van der Waals surface area contributed by atoms with E-state index in [2.05, 4.69) is 6.58 Å². The number of hydrogen-bond acceptors (Lipinski definition) is 5. The average molecular weight is 300 g/mol. The number of rotatable bonds is 5. The molecule has 114 valence electrons. The van der Waals surface area contributed by atoms with E-state index in [0.717, 1.165) is 6.08 Å². The predicted molar refractivity (Wildman–Crippen MR) is 80.3 cm³/mol. The molecular weight excluding hydrogens is 284 g/mol. The molecule has 5 nitrogen and oxygen atoms in total. The molecule has 0 aliphatic rings. The summed E-state index contributed by atoms with van der Waals surface area (Å²) < 4.78 is 11.0. The molecule has 0 amide bonds. The van der Waals surface area contributed by atoms with Gasteiger partial charge in [-0.3, -0.25) is 0 Å². The number of methoxy groups -OCH3 is 1. The van der Waals surface area contributed by atoms with Crippen LogP contribution in [0.5, 0.6) is 11.5 Å². The highest BCUT2D eigenvalue weighted by molar-refractivity contribution is 5.82. The molecule has 5 heteroatoms. The van der Waals surface area contributed by atoms with Crippen LogP contribution in [0.1, 0.15) is 11.1 Å². The summed E-state index contributed by atoms with van der Waals surface area (Å²) in [5.41, 5.74) is 1.02. The van der Waals surface area contributed by atoms with Crippen LogP contribution in [0, 0.1) is 0 Å². The quantitative estimate of drug-likeness (QED) is 0.504. The van der Waals surface area contributed by atoms with Crippen molar-refractivity contribution in [2.75, 3.05) is 7.11 Å². The Bertz CT molecular complexity index is 613. The topological polar surface area (TPSA) is 76.0 Å². The van der Waals surface area contributed by atoms with Gasteiger partial charge in [0.1, 0.15) is 11.5 Å². The molecule has 0 spiro atoms. The van der Waals surface area contributed by atoms with Crippen LogP contribution < -0.4 is 0 Å². The molecule has 0 radical (unpaired) electrons. The van der Waals surface area contributed by atoms with Gasteiger partial charge in [0.25, 0.3) is 5.79 Å². The third-order valence-electron chi connectivity index (χ3n) is 3.19. The van der Waals surface area contributed by atoms with Gasteiger partial charge < -0.3 is 19.7 Å². The van der Waals surface area contributed by atoms with Gasteiger partial charge in [-0.2, -0.15) is 0 Å². The van der Waals surface area contributed by atoms with E-state index in [-0.39, 0.29) is 11.5 Å². The molecule has 0 unspecified atom stereocenters. The van der Waals surface area contributed by atoms with Crippen molar-refractivity contribution in [3.05, 3.63) is 72.3 Å². The Labute approximate surface area is 128 Å². The van der Waals surface area contributed by atoms with Gasteiger partial charge in [0.15, 0.2) is 0 Å². The zero-order valence-electron chi connectivity index (χ0n) is 12.0. The zero-order chi connectivity index (χ0) is 16.2. The highest BCUT2D eigenvalue weighted by Crippen LogP contribution is 2.36. The smallest absolute Gasteiger partial charge is 0.333 e. The van der Waals surface area contributed by atoms with Gasteiger partial charge in [-0.1, -0.05) is 6.58 Å². The lowest BCUT2D eigenvalue weighted by Crippen LogP contribution is -2.35. The van der Waals surface area contributed by atoms with Crippen LogP contribution >= 0.6 is 0 Å². The van der Waals surface area contributed by atoms with E-state index in [1.807, 2.05) is 0 Å². The maximum absolute atomic E-state index is 11.7. The van der Waals surface area contributed by atoms with Crippen molar-refractivity contribution in [3.63, 3.8) is 0 Å². The molecule has 0 aliphatic heterocycles. The normalized spacial score (nSPS) is 11.0. The SMILES string of the molecule is C=CC(=O)OC(OC)(c1ccc(O)cc1)c1ccc(O)cc1. The Morgan fingerprint density at radius 3 is 1.73 bits per heavy atom. The van der Waals surface area contributed by atoms with E-state index >= 15 is 0 Å². The first kappa shape index (κ1) is 15.6. The molecule has 2 rings (SSSR count). The second-order valence-electron chi connectivity index (χ2n) is 4.54. The van der Waals surface area contributed by atoms with Crippen molar-refractivity contribution in [2.24, 2.45) is 0 Å². The van der Waals surface area contributed by atoms with E-state index in [1.165, 1.54) is 31.4 Å². The Morgan fingerprint density at radius 1 is 1.00 bits per heavy atom. The van der Waals surface area contributed by atoms with E-state index in [0.29, 0.717) is 11.1 Å². The van der Waals surface area contributed by atoms with E-state index in [1.54, 1.807) is 24.3 Å². The Hall–Kier alpha value is -2.79. The standard InChI is InChI=1S/C17H16O5/c1-3-16(20)22-17(21-2,12-4-8-14(18)9-5-12)13-6-10-15(19)11-7-13/h3-11,18-19H,1H2,2H3. The van der Waals surface area contributed by atoms with Crippen LogP contribution in [0.2, 0.25) is 0 Å². The summed E-state index contributed by atoms with van der Waals surface area (Å²) >= 11 is 0. The van der Waals surface area contributed by atoms with Crippen LogP contribution in [-0.2, 0) is 20.1 Å². The summed E-state index contributed by atoms with van der Waals surface area (Å²) in [4.78, 5) is 11.7. The lowest BCUT2D eigenvalue weighted by molar-refractivity contribution is -0.203. The van der Waals surface area contributed by atoms with Gasteiger partial charge in [-0.05, 0) is 48.5 Å². The second kappa shape index (κ2) is 6.32. The van der Waals surface area contributed by atoms with Gasteiger partial charge in [-0.25, -0.2) is 4.79 Å². The van der Waals surface area contributed by atoms with Crippen molar-refractivity contribution in [1.82, 2.24) is 0 Å². The number of ether oxygens (including phenoxy) is 2. The van der Waals surface area contributed by atoms with Gasteiger partial charge in [0.05, 0.1) is 0 Å². The Morgan fingerprint density at radius 2 is 1.41 bits per heavy atom. The van der Waals surface area contributed by atoms with Crippen LogP contribution in [0.4, 0.5) is 0 Å². The average Bonchev–Trinajstić information content (AvgIpc) is 2.54. The maximum Gasteiger partial charge on any atom is 0.333 e. The molecule has 2 N–H and O–H groups in total. The second-order valence-corrected chi connectivity index (χ2v) is 4.54. The minimum atomic E-state index is -1.51. The third kappa shape index (κ3) is 2.94. The van der Waals surface area contributed by atoms with Crippen LogP contribution in [-0.4, -0.2) is 23.3 Å². The largest absolute Gasteiger partial charge is 0.508 e. The summed E-state index contributed by atoms with van der Waals surface area (Å²) in [6.45, 7) is 3.38. The molecule has 0 atom stereocenters. The molecule has 22 heavy (non-hydrogen) atoms. The number of phenolic OH excluding ortho intramolecular Hbond substituents is 2. The highest BCUT2D eigenvalue weighted by atomic mass is 16.7. The number of benzene rings is 2. The van der Waals surface area contributed by atoms with Gasteiger partial charge in [-0.15, -0.1) is 0 Å². The fraction of sp³-hybridized carbons (Fsp3) is 0.118. The fourth-order valence-electron chi connectivity index (χ4n) is 2.11. The summed E-state index contributed by atoms with van der Waals surface area (Å²) in [6.07, 6.45) is 1.04. The molecule has 0 saturated heterocycles.